The molecule has 6 heteroatoms. The van der Waals surface area contributed by atoms with Crippen molar-refractivity contribution in [3.8, 4) is 0 Å². The molecule has 25 heavy (non-hydrogen) atoms. The molecule has 0 radical (unpaired) electrons. The fraction of sp³-hybridized carbons (Fsp3) is 0.474. The Bertz CT molecular complexity index is 806. The molecule has 0 unspecified atom stereocenters. The number of rotatable bonds is 4. The first kappa shape index (κ1) is 17.9. The van der Waals surface area contributed by atoms with E-state index in [2.05, 4.69) is 31.2 Å². The van der Waals surface area contributed by atoms with Gasteiger partial charge in [-0.1, -0.05) is 37.3 Å². The average molecular weight is 359 g/mol. The maximum Gasteiger partial charge on any atom is 0.233 e. The summed E-state index contributed by atoms with van der Waals surface area (Å²) in [5.74, 6) is 1.37. The molecule has 2 heterocycles. The fourth-order valence-electron chi connectivity index (χ4n) is 3.20. The van der Waals surface area contributed by atoms with Gasteiger partial charge in [0.1, 0.15) is 5.82 Å². The maximum absolute atomic E-state index is 13.0. The number of hydrogen-bond donors (Lipinski definition) is 1. The second kappa shape index (κ2) is 6.75. The molecule has 3 rings (SSSR count). The zero-order valence-corrected chi connectivity index (χ0v) is 16.0. The third kappa shape index (κ3) is 3.54. The van der Waals surface area contributed by atoms with Crippen molar-refractivity contribution in [1.82, 2.24) is 9.78 Å². The van der Waals surface area contributed by atoms with Crippen LogP contribution in [0.3, 0.4) is 0 Å². The Hall–Kier alpha value is -1.95. The van der Waals surface area contributed by atoms with Crippen LogP contribution in [0.15, 0.2) is 30.3 Å². The van der Waals surface area contributed by atoms with Crippen LogP contribution >= 0.6 is 0 Å². The van der Waals surface area contributed by atoms with Gasteiger partial charge < -0.3 is 5.32 Å². The van der Waals surface area contributed by atoms with Crippen LogP contribution in [0.4, 0.5) is 5.82 Å². The van der Waals surface area contributed by atoms with E-state index in [4.69, 9.17) is 0 Å². The summed E-state index contributed by atoms with van der Waals surface area (Å²) in [6.07, 6.45) is 0.716. The third-order valence-electron chi connectivity index (χ3n) is 4.47. The topological polar surface area (TPSA) is 64.0 Å². The van der Waals surface area contributed by atoms with E-state index >= 15 is 0 Å². The number of hydrogen-bond acceptors (Lipinski definition) is 3. The van der Waals surface area contributed by atoms with Crippen molar-refractivity contribution in [2.75, 3.05) is 5.32 Å². The van der Waals surface area contributed by atoms with Crippen LogP contribution in [-0.2, 0) is 32.6 Å². The van der Waals surface area contributed by atoms with Crippen molar-refractivity contribution in [2.45, 2.75) is 57.1 Å². The lowest BCUT2D eigenvalue weighted by atomic mass is 9.95. The summed E-state index contributed by atoms with van der Waals surface area (Å²) < 4.78 is 13.8. The van der Waals surface area contributed by atoms with Crippen LogP contribution in [-0.4, -0.2) is 19.9 Å². The number of nitrogens with zero attached hydrogens (tertiary/aromatic N) is 2. The number of nitrogens with one attached hydrogen (secondary N) is 1. The van der Waals surface area contributed by atoms with Crippen LogP contribution in [0.2, 0.25) is 0 Å². The van der Waals surface area contributed by atoms with Gasteiger partial charge in [0.25, 0.3) is 0 Å². The summed E-state index contributed by atoms with van der Waals surface area (Å²) in [6.45, 7) is 8.17. The molecule has 2 aromatic rings. The van der Waals surface area contributed by atoms with E-state index in [-0.39, 0.29) is 17.4 Å². The second-order valence-corrected chi connectivity index (χ2v) is 8.90. The van der Waals surface area contributed by atoms with E-state index in [0.29, 0.717) is 23.7 Å². The van der Waals surface area contributed by atoms with E-state index in [0.717, 1.165) is 16.8 Å². The van der Waals surface area contributed by atoms with Crippen LogP contribution in [0.25, 0.3) is 0 Å². The smallest absolute Gasteiger partial charge is 0.233 e. The number of benzene rings is 1. The monoisotopic (exact) mass is 359 g/mol. The van der Waals surface area contributed by atoms with Crippen LogP contribution in [0.5, 0.6) is 0 Å². The lowest BCUT2D eigenvalue weighted by Gasteiger charge is -2.24. The predicted octanol–water partition coefficient (Wildman–Crippen LogP) is 3.53. The number of carbonyl (C=O) groups is 1. The molecule has 5 nitrogen and oxygen atoms in total. The highest BCUT2D eigenvalue weighted by Crippen LogP contribution is 2.34. The molecule has 1 aromatic heterocycles. The summed E-state index contributed by atoms with van der Waals surface area (Å²) in [5, 5.41) is 7.73. The molecule has 1 aliphatic heterocycles. The van der Waals surface area contributed by atoms with Gasteiger partial charge in [-0.05, 0) is 32.8 Å². The third-order valence-corrected chi connectivity index (χ3v) is 5.68. The summed E-state index contributed by atoms with van der Waals surface area (Å²) >= 11 is 0. The lowest BCUT2D eigenvalue weighted by molar-refractivity contribution is -0.117. The van der Waals surface area contributed by atoms with Crippen molar-refractivity contribution in [3.05, 3.63) is 47.2 Å². The molecule has 0 spiro atoms. The van der Waals surface area contributed by atoms with E-state index in [1.165, 1.54) is 0 Å². The molecule has 2 atom stereocenters. The van der Waals surface area contributed by atoms with Gasteiger partial charge in [0, 0.05) is 16.4 Å². The Morgan fingerprint density at radius 3 is 2.56 bits per heavy atom. The van der Waals surface area contributed by atoms with E-state index in [1.54, 1.807) is 0 Å². The highest BCUT2D eigenvalue weighted by Gasteiger charge is 2.32. The Labute approximate surface area is 151 Å². The van der Waals surface area contributed by atoms with Crippen molar-refractivity contribution in [2.24, 2.45) is 0 Å². The van der Waals surface area contributed by atoms with Crippen molar-refractivity contribution >= 4 is 22.5 Å². The first-order chi connectivity index (χ1) is 11.8. The second-order valence-electron chi connectivity index (χ2n) is 7.45. The molecule has 0 saturated heterocycles. The predicted molar refractivity (Wildman–Crippen MR) is 101 cm³/mol. The molecular formula is C19H25N3O2S. The zero-order chi connectivity index (χ0) is 18.2. The van der Waals surface area contributed by atoms with Crippen molar-refractivity contribution < 1.29 is 9.00 Å². The van der Waals surface area contributed by atoms with Gasteiger partial charge in [-0.15, -0.1) is 0 Å². The first-order valence-corrected chi connectivity index (χ1v) is 10.1. The summed E-state index contributed by atoms with van der Waals surface area (Å²) in [7, 11) is -0.924. The molecule has 0 saturated carbocycles. The minimum Gasteiger partial charge on any atom is -0.310 e. The zero-order valence-electron chi connectivity index (χ0n) is 15.2. The van der Waals surface area contributed by atoms with Crippen LogP contribution in [0, 0.1) is 0 Å². The maximum atomic E-state index is 13.0. The van der Waals surface area contributed by atoms with E-state index in [9.17, 15) is 9.00 Å². The highest BCUT2D eigenvalue weighted by atomic mass is 32.2. The Morgan fingerprint density at radius 2 is 1.96 bits per heavy atom. The summed E-state index contributed by atoms with van der Waals surface area (Å²) in [5.41, 5.74) is 2.51. The molecule has 1 aliphatic rings. The van der Waals surface area contributed by atoms with Gasteiger partial charge in [0.2, 0.25) is 5.91 Å². The van der Waals surface area contributed by atoms with Gasteiger partial charge in [-0.25, -0.2) is 4.68 Å². The Balaban J connectivity index is 1.94. The largest absolute Gasteiger partial charge is 0.310 e. The normalized spacial score (nSPS) is 18.0. The van der Waals surface area contributed by atoms with Crippen LogP contribution in [0.1, 0.15) is 56.9 Å². The summed E-state index contributed by atoms with van der Waals surface area (Å²) in [4.78, 5) is 13.0. The SMILES string of the molecule is CC[C@@H](C(=O)Nc1c2c(nn1C(C)(C)C)C[S@@](=O)C2)c1ccccc1. The molecule has 1 N–H and O–H groups in total. The quantitative estimate of drug-likeness (QED) is 0.908. The number of fused-ring (bicyclic) bond motifs is 1. The van der Waals surface area contributed by atoms with Gasteiger partial charge in [-0.2, -0.15) is 5.10 Å². The van der Waals surface area contributed by atoms with Crippen molar-refractivity contribution in [3.63, 3.8) is 0 Å². The molecule has 0 aliphatic carbocycles. The molecule has 0 fully saturated rings. The standard InChI is InChI=1S/C19H25N3O2S/c1-5-14(13-9-7-6-8-10-13)18(23)20-17-15-11-25(24)12-16(15)21-22(17)19(2,3)4/h6-10,14H,5,11-12H2,1-4H3,(H,20,23)/t14-,25+/m1/s1. The molecule has 1 amide bonds. The Kier molecular flexibility index (Phi) is 4.82. The van der Waals surface area contributed by atoms with Gasteiger partial charge in [-0.3, -0.25) is 9.00 Å². The lowest BCUT2D eigenvalue weighted by Crippen LogP contribution is -2.29. The number of aromatic nitrogens is 2. The minimum absolute atomic E-state index is 0.0421. The fourth-order valence-corrected chi connectivity index (χ4v) is 4.47. The van der Waals surface area contributed by atoms with Gasteiger partial charge in [0.05, 0.1) is 28.7 Å². The highest BCUT2D eigenvalue weighted by molar-refractivity contribution is 7.83. The number of anilines is 1. The van der Waals surface area contributed by atoms with Gasteiger partial charge in [0.15, 0.2) is 0 Å². The van der Waals surface area contributed by atoms with Gasteiger partial charge >= 0.3 is 0 Å². The molecular weight excluding hydrogens is 334 g/mol. The molecule has 1 aromatic carbocycles. The van der Waals surface area contributed by atoms with Crippen LogP contribution < -0.4 is 5.32 Å². The number of amides is 1. The van der Waals surface area contributed by atoms with Crippen molar-refractivity contribution in [1.29, 1.82) is 0 Å². The minimum atomic E-state index is -0.924. The summed E-state index contributed by atoms with van der Waals surface area (Å²) in [6, 6.07) is 9.81. The molecule has 134 valence electrons. The molecule has 0 bridgehead atoms. The average Bonchev–Trinajstić information content (AvgIpc) is 3.06. The first-order valence-electron chi connectivity index (χ1n) is 8.63. The number of carbonyl (C=O) groups excluding carboxylic acids is 1. The van der Waals surface area contributed by atoms with E-state index in [1.807, 2.05) is 41.9 Å². The Morgan fingerprint density at radius 1 is 1.28 bits per heavy atom. The van der Waals surface area contributed by atoms with E-state index < -0.39 is 10.8 Å².